The highest BCUT2D eigenvalue weighted by Crippen LogP contribution is 2.38. The number of ether oxygens (including phenoxy) is 2. The lowest BCUT2D eigenvalue weighted by Gasteiger charge is -2.36. The van der Waals surface area contributed by atoms with E-state index in [1.54, 1.807) is 6.92 Å². The summed E-state index contributed by atoms with van der Waals surface area (Å²) in [6.07, 6.45) is -1.72. The Morgan fingerprint density at radius 1 is 1.70 bits per heavy atom. The molecule has 6 nitrogen and oxygen atoms in total. The number of carbonyl (C=O) groups excluding carboxylic acids is 1. The fraction of sp³-hybridized carbons (Fsp3) is 0.615. The number of hydrogen-bond donors (Lipinski definition) is 2. The van der Waals surface area contributed by atoms with Crippen LogP contribution < -0.4 is 5.32 Å². The van der Waals surface area contributed by atoms with Crippen molar-refractivity contribution in [2.24, 2.45) is 0 Å². The van der Waals surface area contributed by atoms with Gasteiger partial charge in [-0.05, 0) is 13.8 Å². The molecule has 0 aliphatic carbocycles. The number of amides is 1. The van der Waals surface area contributed by atoms with E-state index in [4.69, 9.17) is 9.47 Å². The number of alkyl halides is 1. The predicted octanol–water partition coefficient (Wildman–Crippen LogP) is 0.254. The summed E-state index contributed by atoms with van der Waals surface area (Å²) >= 11 is 0. The molecule has 1 saturated heterocycles. The number of aliphatic hydroxyl groups is 1. The lowest BCUT2D eigenvalue weighted by atomic mass is 9.97. The number of aliphatic hydroxyl groups excluding tert-OH is 1. The third kappa shape index (κ3) is 2.32. The Bertz CT molecular complexity index is 463. The molecule has 0 radical (unpaired) electrons. The summed E-state index contributed by atoms with van der Waals surface area (Å²) in [5.41, 5.74) is -1.62. The van der Waals surface area contributed by atoms with Gasteiger partial charge in [0.1, 0.15) is 18.0 Å². The zero-order valence-electron chi connectivity index (χ0n) is 11.7. The summed E-state index contributed by atoms with van der Waals surface area (Å²) in [6, 6.07) is 0. The molecule has 7 heteroatoms. The molecule has 0 saturated carbocycles. The first-order valence-electron chi connectivity index (χ1n) is 6.27. The molecule has 0 bridgehead atoms. The van der Waals surface area contributed by atoms with Gasteiger partial charge >= 0.3 is 0 Å². The maximum Gasteiger partial charge on any atom is 0.253 e. The van der Waals surface area contributed by atoms with E-state index in [2.05, 4.69) is 11.9 Å². The molecule has 0 aromatic rings. The standard InChI is InChI=1S/C13H19FN2O4/c1-7-5-16(8(2)15-11(7)18)12-13(3,14)10(17)9(20-12)6-19-4/h5,9-10,12,17H,2,6H2,1,3-4H3,(H,15,18)/t9-,10-,12-,13-/m1/s1. The zero-order chi connectivity index (χ0) is 15.1. The largest absolute Gasteiger partial charge is 0.387 e. The summed E-state index contributed by atoms with van der Waals surface area (Å²) in [5, 5.41) is 12.5. The number of rotatable bonds is 3. The van der Waals surface area contributed by atoms with Crippen molar-refractivity contribution in [2.45, 2.75) is 38.0 Å². The third-order valence-corrected chi connectivity index (χ3v) is 3.56. The zero-order valence-corrected chi connectivity index (χ0v) is 11.7. The van der Waals surface area contributed by atoms with E-state index in [0.717, 1.165) is 0 Å². The molecule has 0 spiro atoms. The summed E-state index contributed by atoms with van der Waals surface area (Å²) in [5.74, 6) is -0.0847. The van der Waals surface area contributed by atoms with Crippen LogP contribution in [0, 0.1) is 0 Å². The molecule has 2 N–H and O–H groups in total. The number of nitrogens with one attached hydrogen (secondary N) is 1. The van der Waals surface area contributed by atoms with Crippen LogP contribution in [0.4, 0.5) is 4.39 Å². The Kier molecular flexibility index (Phi) is 3.86. The van der Waals surface area contributed by atoms with Crippen molar-refractivity contribution in [3.8, 4) is 0 Å². The molecular formula is C13H19FN2O4. The Morgan fingerprint density at radius 2 is 2.35 bits per heavy atom. The second kappa shape index (κ2) is 5.16. The number of hydrogen-bond acceptors (Lipinski definition) is 5. The Morgan fingerprint density at radius 3 is 2.95 bits per heavy atom. The smallest absolute Gasteiger partial charge is 0.253 e. The van der Waals surface area contributed by atoms with E-state index in [0.29, 0.717) is 5.57 Å². The monoisotopic (exact) mass is 286 g/mol. The van der Waals surface area contributed by atoms with Gasteiger partial charge in [-0.2, -0.15) is 0 Å². The molecule has 4 atom stereocenters. The minimum Gasteiger partial charge on any atom is -0.387 e. The first-order chi connectivity index (χ1) is 9.28. The topological polar surface area (TPSA) is 71.0 Å². The van der Waals surface area contributed by atoms with Gasteiger partial charge in [-0.1, -0.05) is 6.58 Å². The van der Waals surface area contributed by atoms with E-state index < -0.39 is 24.1 Å². The first-order valence-corrected chi connectivity index (χ1v) is 6.27. The highest BCUT2D eigenvalue weighted by molar-refractivity contribution is 5.94. The molecule has 2 rings (SSSR count). The molecule has 0 aromatic heterocycles. The first kappa shape index (κ1) is 15.0. The average Bonchev–Trinajstić information content (AvgIpc) is 2.58. The highest BCUT2D eigenvalue weighted by atomic mass is 19.1. The predicted molar refractivity (Wildman–Crippen MR) is 68.9 cm³/mol. The SMILES string of the molecule is C=C1NC(=O)C(C)=CN1[C@@H]1O[C@H](COC)[C@@H](O)[C@@]1(C)F. The van der Waals surface area contributed by atoms with Gasteiger partial charge in [-0.3, -0.25) is 4.79 Å². The lowest BCUT2D eigenvalue weighted by Crippen LogP contribution is -2.51. The lowest BCUT2D eigenvalue weighted by molar-refractivity contribution is -0.120. The molecular weight excluding hydrogens is 267 g/mol. The molecule has 112 valence electrons. The van der Waals surface area contributed by atoms with Gasteiger partial charge in [0.15, 0.2) is 11.9 Å². The van der Waals surface area contributed by atoms with Crippen LogP contribution in [0.1, 0.15) is 13.8 Å². The fourth-order valence-corrected chi connectivity index (χ4v) is 2.36. The van der Waals surface area contributed by atoms with Gasteiger partial charge in [0.25, 0.3) is 5.91 Å². The molecule has 1 fully saturated rings. The van der Waals surface area contributed by atoms with E-state index in [9.17, 15) is 14.3 Å². The van der Waals surface area contributed by atoms with Crippen LogP contribution in [0.3, 0.4) is 0 Å². The summed E-state index contributed by atoms with van der Waals surface area (Å²) < 4.78 is 25.2. The van der Waals surface area contributed by atoms with Gasteiger partial charge in [0, 0.05) is 18.9 Å². The third-order valence-electron chi connectivity index (χ3n) is 3.56. The fourth-order valence-electron chi connectivity index (χ4n) is 2.36. The number of halogens is 1. The van der Waals surface area contributed by atoms with Crippen molar-refractivity contribution >= 4 is 5.91 Å². The summed E-state index contributed by atoms with van der Waals surface area (Å²) in [7, 11) is 1.45. The molecule has 2 aliphatic heterocycles. The molecule has 0 unspecified atom stereocenters. The second-order valence-electron chi connectivity index (χ2n) is 5.20. The van der Waals surface area contributed by atoms with Gasteiger partial charge in [-0.25, -0.2) is 4.39 Å². The van der Waals surface area contributed by atoms with Crippen molar-refractivity contribution < 1.29 is 23.8 Å². The number of methoxy groups -OCH3 is 1. The van der Waals surface area contributed by atoms with E-state index >= 15 is 0 Å². The van der Waals surface area contributed by atoms with Crippen molar-refractivity contribution in [3.05, 3.63) is 24.2 Å². The minimum atomic E-state index is -2.02. The Balaban J connectivity index is 2.28. The average molecular weight is 286 g/mol. The van der Waals surface area contributed by atoms with E-state index in [1.807, 2.05) is 0 Å². The van der Waals surface area contributed by atoms with E-state index in [1.165, 1.54) is 25.1 Å². The maximum atomic E-state index is 14.8. The van der Waals surface area contributed by atoms with Crippen LogP contribution >= 0.6 is 0 Å². The summed E-state index contributed by atoms with van der Waals surface area (Å²) in [4.78, 5) is 12.9. The second-order valence-corrected chi connectivity index (χ2v) is 5.20. The molecule has 20 heavy (non-hydrogen) atoms. The van der Waals surface area contributed by atoms with Crippen LogP contribution in [0.5, 0.6) is 0 Å². The van der Waals surface area contributed by atoms with Crippen molar-refractivity contribution in [2.75, 3.05) is 13.7 Å². The molecule has 2 heterocycles. The quantitative estimate of drug-likeness (QED) is 0.778. The molecule has 2 aliphatic rings. The molecule has 1 amide bonds. The van der Waals surface area contributed by atoms with Crippen molar-refractivity contribution in [1.29, 1.82) is 0 Å². The van der Waals surface area contributed by atoms with Crippen LogP contribution in [-0.4, -0.2) is 53.7 Å². The minimum absolute atomic E-state index is 0.0759. The van der Waals surface area contributed by atoms with Crippen LogP contribution in [0.2, 0.25) is 0 Å². The van der Waals surface area contributed by atoms with Crippen LogP contribution in [0.25, 0.3) is 0 Å². The Labute approximate surface area is 116 Å². The van der Waals surface area contributed by atoms with Crippen LogP contribution in [0.15, 0.2) is 24.2 Å². The van der Waals surface area contributed by atoms with Gasteiger partial charge in [0.2, 0.25) is 0 Å². The normalized spacial score (nSPS) is 38.0. The molecule has 0 aromatic carbocycles. The number of nitrogens with zero attached hydrogens (tertiary/aromatic N) is 1. The van der Waals surface area contributed by atoms with E-state index in [-0.39, 0.29) is 18.3 Å². The van der Waals surface area contributed by atoms with Crippen LogP contribution in [-0.2, 0) is 14.3 Å². The number of carbonyl (C=O) groups is 1. The van der Waals surface area contributed by atoms with Crippen molar-refractivity contribution in [3.63, 3.8) is 0 Å². The maximum absolute atomic E-state index is 14.8. The summed E-state index contributed by atoms with van der Waals surface area (Å²) in [6.45, 7) is 6.61. The van der Waals surface area contributed by atoms with Gasteiger partial charge in [0.05, 0.1) is 6.61 Å². The van der Waals surface area contributed by atoms with Gasteiger partial charge in [-0.15, -0.1) is 0 Å². The van der Waals surface area contributed by atoms with Gasteiger partial charge < -0.3 is 24.8 Å². The van der Waals surface area contributed by atoms with Crippen molar-refractivity contribution in [1.82, 2.24) is 10.2 Å². The Hall–Kier alpha value is -1.44. The highest BCUT2D eigenvalue weighted by Gasteiger charge is 2.56.